The molecule has 1 saturated heterocycles. The van der Waals surface area contributed by atoms with Crippen molar-refractivity contribution in [2.24, 2.45) is 4.99 Å². The van der Waals surface area contributed by atoms with Crippen molar-refractivity contribution in [3.05, 3.63) is 93.3 Å². The lowest BCUT2D eigenvalue weighted by Crippen LogP contribution is -2.48. The highest BCUT2D eigenvalue weighted by atomic mass is 35.5. The first-order valence-electron chi connectivity index (χ1n) is 13.8. The van der Waals surface area contributed by atoms with Crippen molar-refractivity contribution in [2.45, 2.75) is 58.5 Å². The molecule has 208 valence electrons. The maximum atomic E-state index is 13.8. The van der Waals surface area contributed by atoms with Crippen molar-refractivity contribution in [1.82, 2.24) is 4.90 Å². The Morgan fingerprint density at radius 2 is 1.85 bits per heavy atom. The maximum Gasteiger partial charge on any atom is 0.267 e. The lowest BCUT2D eigenvalue weighted by molar-refractivity contribution is -0.122. The monoisotopic (exact) mass is 573 g/mol. The van der Waals surface area contributed by atoms with E-state index < -0.39 is 0 Å². The molecule has 2 heterocycles. The van der Waals surface area contributed by atoms with E-state index in [1.165, 1.54) is 23.0 Å². The number of halogens is 1. The number of methoxy groups -OCH3 is 1. The lowest BCUT2D eigenvalue weighted by atomic mass is 9.79. The first-order valence-corrected chi connectivity index (χ1v) is 15.0. The van der Waals surface area contributed by atoms with Crippen LogP contribution >= 0.6 is 23.4 Å². The fourth-order valence-corrected chi connectivity index (χ4v) is 6.88. The first-order chi connectivity index (χ1) is 19.2. The third-order valence-electron chi connectivity index (χ3n) is 7.61. The normalized spacial score (nSPS) is 20.4. The average molecular weight is 574 g/mol. The van der Waals surface area contributed by atoms with Crippen molar-refractivity contribution in [2.75, 3.05) is 18.6 Å². The third-order valence-corrected chi connectivity index (χ3v) is 8.94. The number of anilines is 1. The number of hydrogen-bond acceptors (Lipinski definition) is 5. The second-order valence-corrected chi connectivity index (χ2v) is 12.5. The zero-order chi connectivity index (χ0) is 28.4. The van der Waals surface area contributed by atoms with Crippen LogP contribution in [0, 0.1) is 0 Å². The number of benzene rings is 3. The summed E-state index contributed by atoms with van der Waals surface area (Å²) in [5.74, 6) is 1.09. The van der Waals surface area contributed by atoms with Crippen LogP contribution in [0.25, 0.3) is 6.08 Å². The van der Waals surface area contributed by atoms with E-state index in [1.54, 1.807) is 12.0 Å². The Hall–Kier alpha value is -3.22. The third kappa shape index (κ3) is 5.79. The standard InChI is InChI=1S/C33H36ClN3O2S/c1-6-16-37-29-19-28(34)24(17-27(29)22(2)20-33(37,3)4)18-30-31(38)36(21-23-12-14-26(39-5)15-13-23)32(40-30)35-25-10-8-7-9-11-25/h7-15,17-19,22H,6,16,20-21H2,1-5H3/b30-18+,35-32?. The Bertz CT molecular complexity index is 1450. The number of nitrogens with zero attached hydrogens (tertiary/aromatic N) is 3. The van der Waals surface area contributed by atoms with Gasteiger partial charge in [0.25, 0.3) is 5.91 Å². The summed E-state index contributed by atoms with van der Waals surface area (Å²) in [6.45, 7) is 10.5. The molecule has 7 heteroatoms. The number of ether oxygens (including phenoxy) is 1. The molecule has 1 atom stereocenters. The van der Waals surface area contributed by atoms with E-state index >= 15 is 0 Å². The van der Waals surface area contributed by atoms with E-state index in [4.69, 9.17) is 21.3 Å². The van der Waals surface area contributed by atoms with Gasteiger partial charge in [-0.3, -0.25) is 9.69 Å². The molecule has 3 aromatic rings. The summed E-state index contributed by atoms with van der Waals surface area (Å²) < 4.78 is 5.30. The Morgan fingerprint density at radius 3 is 2.52 bits per heavy atom. The van der Waals surface area contributed by atoms with Crippen LogP contribution in [0.5, 0.6) is 5.75 Å². The molecule has 2 aliphatic rings. The summed E-state index contributed by atoms with van der Waals surface area (Å²) in [6.07, 6.45) is 4.06. The van der Waals surface area contributed by atoms with Crippen LogP contribution < -0.4 is 9.64 Å². The van der Waals surface area contributed by atoms with Crippen LogP contribution in [-0.2, 0) is 11.3 Å². The lowest BCUT2D eigenvalue weighted by Gasteiger charge is -2.47. The number of amides is 1. The van der Waals surface area contributed by atoms with Crippen LogP contribution in [0.3, 0.4) is 0 Å². The molecule has 2 aliphatic heterocycles. The van der Waals surface area contributed by atoms with E-state index in [0.717, 1.165) is 42.0 Å². The van der Waals surface area contributed by atoms with Gasteiger partial charge in [-0.2, -0.15) is 0 Å². The van der Waals surface area contributed by atoms with E-state index in [9.17, 15) is 4.79 Å². The van der Waals surface area contributed by atoms with Gasteiger partial charge in [-0.15, -0.1) is 0 Å². The maximum absolute atomic E-state index is 13.8. The molecule has 5 nitrogen and oxygen atoms in total. The summed E-state index contributed by atoms with van der Waals surface area (Å²) in [4.78, 5) is 23.5. The molecule has 0 aromatic heterocycles. The van der Waals surface area contributed by atoms with Gasteiger partial charge >= 0.3 is 0 Å². The quantitative estimate of drug-likeness (QED) is 0.265. The molecule has 1 unspecified atom stereocenters. The van der Waals surface area contributed by atoms with Crippen molar-refractivity contribution in [3.63, 3.8) is 0 Å². The molecule has 0 radical (unpaired) electrons. The topological polar surface area (TPSA) is 45.1 Å². The minimum atomic E-state index is -0.0777. The second-order valence-electron chi connectivity index (χ2n) is 11.1. The zero-order valence-corrected chi connectivity index (χ0v) is 25.4. The number of fused-ring (bicyclic) bond motifs is 1. The summed E-state index contributed by atoms with van der Waals surface area (Å²) in [7, 11) is 1.64. The fraction of sp³-hybridized carbons (Fsp3) is 0.333. The van der Waals surface area contributed by atoms with E-state index in [1.807, 2.05) is 60.7 Å². The van der Waals surface area contributed by atoms with Crippen LogP contribution in [0.15, 0.2) is 76.6 Å². The van der Waals surface area contributed by atoms with Crippen molar-refractivity contribution < 1.29 is 9.53 Å². The number of para-hydroxylation sites is 1. The van der Waals surface area contributed by atoms with Crippen molar-refractivity contribution in [1.29, 1.82) is 0 Å². The van der Waals surface area contributed by atoms with Gasteiger partial charge in [0.1, 0.15) is 5.75 Å². The number of carbonyl (C=O) groups is 1. The van der Waals surface area contributed by atoms with Gasteiger partial charge in [-0.05, 0) is 104 Å². The Kier molecular flexibility index (Phi) is 8.29. The number of amidine groups is 1. The summed E-state index contributed by atoms with van der Waals surface area (Å²) in [5, 5.41) is 1.30. The Labute approximate surface area is 246 Å². The minimum Gasteiger partial charge on any atom is -0.497 e. The van der Waals surface area contributed by atoms with Crippen LogP contribution in [0.4, 0.5) is 11.4 Å². The van der Waals surface area contributed by atoms with Gasteiger partial charge in [-0.25, -0.2) is 4.99 Å². The SMILES string of the molecule is CCCN1c2cc(Cl)c(/C=C3/SC(=Nc4ccccc4)N(Cc4ccc(OC)cc4)C3=O)cc2C(C)CC1(C)C. The molecule has 1 amide bonds. The molecular weight excluding hydrogens is 538 g/mol. The van der Waals surface area contributed by atoms with Gasteiger partial charge in [0.2, 0.25) is 0 Å². The molecule has 0 spiro atoms. The Morgan fingerprint density at radius 1 is 1.12 bits per heavy atom. The van der Waals surface area contributed by atoms with E-state index in [0.29, 0.717) is 27.6 Å². The number of rotatable bonds is 7. The molecule has 3 aromatic carbocycles. The molecular formula is C33H36ClN3O2S. The number of aliphatic imine (C=N–C) groups is 1. The van der Waals surface area contributed by atoms with Gasteiger partial charge in [0, 0.05) is 22.8 Å². The van der Waals surface area contributed by atoms with E-state index in [-0.39, 0.29) is 11.4 Å². The minimum absolute atomic E-state index is 0.0633. The second kappa shape index (κ2) is 11.7. The number of hydrogen-bond donors (Lipinski definition) is 0. The first kappa shape index (κ1) is 28.3. The molecule has 5 rings (SSSR count). The highest BCUT2D eigenvalue weighted by Gasteiger charge is 2.37. The van der Waals surface area contributed by atoms with Gasteiger partial charge in [0.05, 0.1) is 24.2 Å². The van der Waals surface area contributed by atoms with Crippen LogP contribution in [-0.4, -0.2) is 35.2 Å². The number of thioether (sulfide) groups is 1. The van der Waals surface area contributed by atoms with Crippen LogP contribution in [0.1, 0.15) is 63.1 Å². The summed E-state index contributed by atoms with van der Waals surface area (Å²) in [5.41, 5.74) is 5.22. The molecule has 0 saturated carbocycles. The molecule has 1 fully saturated rings. The largest absolute Gasteiger partial charge is 0.497 e. The van der Waals surface area contributed by atoms with Gasteiger partial charge < -0.3 is 9.64 Å². The fourth-order valence-electron chi connectivity index (χ4n) is 5.68. The molecule has 0 bridgehead atoms. The highest BCUT2D eigenvalue weighted by Crippen LogP contribution is 2.46. The van der Waals surface area contributed by atoms with E-state index in [2.05, 4.69) is 44.7 Å². The highest BCUT2D eigenvalue weighted by molar-refractivity contribution is 8.18. The zero-order valence-electron chi connectivity index (χ0n) is 23.8. The predicted octanol–water partition coefficient (Wildman–Crippen LogP) is 8.66. The van der Waals surface area contributed by atoms with Gasteiger partial charge in [-0.1, -0.05) is 55.8 Å². The van der Waals surface area contributed by atoms with Crippen molar-refractivity contribution >= 4 is 51.9 Å². The molecule has 0 aliphatic carbocycles. The summed E-state index contributed by atoms with van der Waals surface area (Å²) in [6, 6.07) is 21.8. The van der Waals surface area contributed by atoms with Crippen LogP contribution in [0.2, 0.25) is 5.02 Å². The molecule has 40 heavy (non-hydrogen) atoms. The number of carbonyl (C=O) groups excluding carboxylic acids is 1. The van der Waals surface area contributed by atoms with Crippen molar-refractivity contribution in [3.8, 4) is 5.75 Å². The summed E-state index contributed by atoms with van der Waals surface area (Å²) >= 11 is 8.30. The average Bonchev–Trinajstić information content (AvgIpc) is 3.21. The Balaban J connectivity index is 1.52. The smallest absolute Gasteiger partial charge is 0.267 e. The molecule has 0 N–H and O–H groups in total. The predicted molar refractivity (Wildman–Crippen MR) is 169 cm³/mol. The van der Waals surface area contributed by atoms with Gasteiger partial charge in [0.15, 0.2) is 5.17 Å².